The van der Waals surface area contributed by atoms with Crippen LogP contribution >= 0.6 is 0 Å². The number of fused-ring (bicyclic) bond motifs is 1. The summed E-state index contributed by atoms with van der Waals surface area (Å²) in [5.74, 6) is 0.698. The van der Waals surface area contributed by atoms with Crippen LogP contribution in [0.4, 0.5) is 4.39 Å². The number of nitrogens with zero attached hydrogens (tertiary/aromatic N) is 1. The predicted octanol–water partition coefficient (Wildman–Crippen LogP) is 4.70. The number of rotatable bonds is 11. The summed E-state index contributed by atoms with van der Waals surface area (Å²) >= 11 is 0. The highest BCUT2D eigenvalue weighted by atomic mass is 19.1. The minimum Gasteiger partial charge on any atom is -0.486 e. The molecule has 3 aromatic carbocycles. The molecule has 0 fully saturated rings. The molecule has 0 aliphatic carbocycles. The summed E-state index contributed by atoms with van der Waals surface area (Å²) in [5.41, 5.74) is 2.67. The Morgan fingerprint density at radius 1 is 0.919 bits per heavy atom. The Kier molecular flexibility index (Phi) is 9.13. The van der Waals surface area contributed by atoms with Crippen molar-refractivity contribution in [2.45, 2.75) is 45.2 Å². The van der Waals surface area contributed by atoms with Gasteiger partial charge in [0.05, 0.1) is 0 Å². The average molecular weight is 505 g/mol. The largest absolute Gasteiger partial charge is 0.486 e. The molecular formula is C30H33FN2O4. The van der Waals surface area contributed by atoms with E-state index in [1.54, 1.807) is 17.0 Å². The minimum atomic E-state index is -0.702. The van der Waals surface area contributed by atoms with Crippen LogP contribution in [-0.2, 0) is 29.0 Å². The van der Waals surface area contributed by atoms with E-state index in [2.05, 4.69) is 5.32 Å². The number of ether oxygens (including phenoxy) is 2. The fourth-order valence-corrected chi connectivity index (χ4v) is 4.34. The Bertz CT molecular complexity index is 1180. The third-order valence-corrected chi connectivity index (χ3v) is 6.32. The van der Waals surface area contributed by atoms with Gasteiger partial charge in [0.25, 0.3) is 0 Å². The topological polar surface area (TPSA) is 67.9 Å². The van der Waals surface area contributed by atoms with Gasteiger partial charge in [0.2, 0.25) is 11.8 Å². The van der Waals surface area contributed by atoms with E-state index < -0.39 is 6.04 Å². The number of carbonyl (C=O) groups is 2. The summed E-state index contributed by atoms with van der Waals surface area (Å²) in [7, 11) is 0. The molecule has 0 aromatic heterocycles. The zero-order valence-electron chi connectivity index (χ0n) is 21.1. The lowest BCUT2D eigenvalue weighted by Crippen LogP contribution is -2.50. The van der Waals surface area contributed by atoms with Gasteiger partial charge >= 0.3 is 0 Å². The van der Waals surface area contributed by atoms with E-state index in [1.165, 1.54) is 12.1 Å². The Labute approximate surface area is 217 Å². The van der Waals surface area contributed by atoms with Gasteiger partial charge in [-0.2, -0.15) is 0 Å². The minimum absolute atomic E-state index is 0.146. The van der Waals surface area contributed by atoms with Crippen LogP contribution in [0, 0.1) is 5.82 Å². The van der Waals surface area contributed by atoms with Crippen LogP contribution in [0.25, 0.3) is 0 Å². The molecule has 1 aliphatic heterocycles. The van der Waals surface area contributed by atoms with Gasteiger partial charge in [0, 0.05) is 25.9 Å². The van der Waals surface area contributed by atoms with Crippen LogP contribution in [0.1, 0.15) is 36.5 Å². The van der Waals surface area contributed by atoms with E-state index in [1.807, 2.05) is 55.5 Å². The Morgan fingerprint density at radius 3 is 2.35 bits per heavy atom. The van der Waals surface area contributed by atoms with Crippen molar-refractivity contribution in [3.63, 3.8) is 0 Å². The summed E-state index contributed by atoms with van der Waals surface area (Å²) in [6.07, 6.45) is 1.88. The van der Waals surface area contributed by atoms with Gasteiger partial charge in [-0.3, -0.25) is 9.59 Å². The van der Waals surface area contributed by atoms with Crippen molar-refractivity contribution < 1.29 is 23.5 Å². The number of nitrogens with one attached hydrogen (secondary N) is 1. The zero-order chi connectivity index (χ0) is 26.0. The van der Waals surface area contributed by atoms with Crippen LogP contribution in [0.15, 0.2) is 72.8 Å². The van der Waals surface area contributed by atoms with E-state index >= 15 is 0 Å². The van der Waals surface area contributed by atoms with Crippen LogP contribution in [-0.4, -0.2) is 42.5 Å². The third kappa shape index (κ3) is 7.32. The summed E-state index contributed by atoms with van der Waals surface area (Å²) in [5, 5.41) is 2.97. The van der Waals surface area contributed by atoms with E-state index in [0.717, 1.165) is 23.1 Å². The number of halogens is 1. The number of amides is 2. The lowest BCUT2D eigenvalue weighted by Gasteiger charge is -2.31. The second kappa shape index (κ2) is 12.9. The molecule has 3 aromatic rings. The Hall–Kier alpha value is -3.87. The first-order valence-corrected chi connectivity index (χ1v) is 12.8. The predicted molar refractivity (Wildman–Crippen MR) is 140 cm³/mol. The molecule has 0 unspecified atom stereocenters. The smallest absolute Gasteiger partial charge is 0.243 e. The maximum Gasteiger partial charge on any atom is 0.243 e. The van der Waals surface area contributed by atoms with Crippen molar-refractivity contribution in [1.29, 1.82) is 0 Å². The second-order valence-corrected chi connectivity index (χ2v) is 9.12. The molecule has 0 bridgehead atoms. The lowest BCUT2D eigenvalue weighted by atomic mass is 10.0. The maximum absolute atomic E-state index is 13.7. The number of hydrogen-bond donors (Lipinski definition) is 1. The van der Waals surface area contributed by atoms with Gasteiger partial charge in [-0.25, -0.2) is 4.39 Å². The molecule has 37 heavy (non-hydrogen) atoms. The van der Waals surface area contributed by atoms with Crippen molar-refractivity contribution >= 4 is 11.8 Å². The first-order chi connectivity index (χ1) is 18.0. The summed E-state index contributed by atoms with van der Waals surface area (Å²) in [6.45, 7) is 3.74. The van der Waals surface area contributed by atoms with Gasteiger partial charge in [-0.1, -0.05) is 55.5 Å². The van der Waals surface area contributed by atoms with Gasteiger partial charge in [0.1, 0.15) is 25.1 Å². The number of aryl methyl sites for hydroxylation is 1. The number of benzene rings is 3. The fraction of sp³-hybridized carbons (Fsp3) is 0.333. The summed E-state index contributed by atoms with van der Waals surface area (Å²) in [6, 6.07) is 20.7. The standard InChI is InChI=1S/C30H33FN2O4/c1-2-16-32-30(35)26(19-22-6-4-3-5-7-22)33(21-24-8-12-25(31)13-9-24)29(34)15-11-23-10-14-27-28(20-23)37-18-17-36-27/h3-10,12-14,20,26H,2,11,15-19,21H2,1H3,(H,32,35)/t26-/m0/s1. The molecule has 0 spiro atoms. The highest BCUT2D eigenvalue weighted by molar-refractivity contribution is 5.88. The molecule has 7 heteroatoms. The molecule has 1 N–H and O–H groups in total. The molecular weight excluding hydrogens is 471 g/mol. The molecule has 1 heterocycles. The summed E-state index contributed by atoms with van der Waals surface area (Å²) in [4.78, 5) is 28.7. The first kappa shape index (κ1) is 26.2. The van der Waals surface area contributed by atoms with E-state index in [4.69, 9.17) is 9.47 Å². The molecule has 0 saturated heterocycles. The van der Waals surface area contributed by atoms with Crippen LogP contribution in [0.3, 0.4) is 0 Å². The number of carbonyl (C=O) groups excluding carboxylic acids is 2. The van der Waals surface area contributed by atoms with Gasteiger partial charge in [0.15, 0.2) is 11.5 Å². The molecule has 1 atom stereocenters. The maximum atomic E-state index is 13.7. The molecule has 1 aliphatic rings. The van der Waals surface area contributed by atoms with E-state index in [9.17, 15) is 14.0 Å². The van der Waals surface area contributed by atoms with Crippen LogP contribution in [0.2, 0.25) is 0 Å². The fourth-order valence-electron chi connectivity index (χ4n) is 4.34. The van der Waals surface area contributed by atoms with Crippen LogP contribution < -0.4 is 14.8 Å². The first-order valence-electron chi connectivity index (χ1n) is 12.8. The second-order valence-electron chi connectivity index (χ2n) is 9.12. The molecule has 0 saturated carbocycles. The Morgan fingerprint density at radius 2 is 1.62 bits per heavy atom. The monoisotopic (exact) mass is 504 g/mol. The SMILES string of the molecule is CCCNC(=O)[C@H](Cc1ccccc1)N(Cc1ccc(F)cc1)C(=O)CCc1ccc2c(c1)OCCO2. The normalized spacial score (nSPS) is 13.0. The molecule has 0 radical (unpaired) electrons. The average Bonchev–Trinajstić information content (AvgIpc) is 2.93. The van der Waals surface area contributed by atoms with E-state index in [-0.39, 0.29) is 30.6 Å². The zero-order valence-corrected chi connectivity index (χ0v) is 21.1. The van der Waals surface area contributed by atoms with Crippen molar-refractivity contribution in [1.82, 2.24) is 10.2 Å². The van der Waals surface area contributed by atoms with Crippen LogP contribution in [0.5, 0.6) is 11.5 Å². The van der Waals surface area contributed by atoms with Crippen molar-refractivity contribution in [3.8, 4) is 11.5 Å². The highest BCUT2D eigenvalue weighted by Gasteiger charge is 2.30. The van der Waals surface area contributed by atoms with Gasteiger partial charge < -0.3 is 19.7 Å². The number of hydrogen-bond acceptors (Lipinski definition) is 4. The van der Waals surface area contributed by atoms with E-state index in [0.29, 0.717) is 44.1 Å². The summed E-state index contributed by atoms with van der Waals surface area (Å²) < 4.78 is 24.8. The molecule has 2 amide bonds. The van der Waals surface area contributed by atoms with Gasteiger partial charge in [-0.15, -0.1) is 0 Å². The quantitative estimate of drug-likeness (QED) is 0.411. The lowest BCUT2D eigenvalue weighted by molar-refractivity contribution is -0.141. The molecule has 4 rings (SSSR count). The molecule has 6 nitrogen and oxygen atoms in total. The molecule has 194 valence electrons. The third-order valence-electron chi connectivity index (χ3n) is 6.32. The Balaban J connectivity index is 1.57. The van der Waals surface area contributed by atoms with Gasteiger partial charge in [-0.05, 0) is 53.8 Å². The highest BCUT2D eigenvalue weighted by Crippen LogP contribution is 2.31. The van der Waals surface area contributed by atoms with Crippen molar-refractivity contribution in [3.05, 3.63) is 95.3 Å². The van der Waals surface area contributed by atoms with Crippen molar-refractivity contribution in [2.24, 2.45) is 0 Å². The van der Waals surface area contributed by atoms with Crippen molar-refractivity contribution in [2.75, 3.05) is 19.8 Å².